The predicted molar refractivity (Wildman–Crippen MR) is 129 cm³/mol. The van der Waals surface area contributed by atoms with E-state index in [0.29, 0.717) is 25.8 Å². The van der Waals surface area contributed by atoms with E-state index in [1.54, 1.807) is 7.05 Å². The Hall–Kier alpha value is -2.57. The summed E-state index contributed by atoms with van der Waals surface area (Å²) >= 11 is 0. The maximum Gasteiger partial charge on any atom is 0.191 e. The lowest BCUT2D eigenvalue weighted by Crippen LogP contribution is -2.36. The minimum atomic E-state index is -0.241. The molecule has 0 aromatic heterocycles. The standard InChI is InChI=1S/C26H37N3O3/c1-26(2,3)32-24-11-6-5-10-22(24)18-29-25(27-4)28-17-20-8-7-9-21(16-20)19-31-23-12-14-30-15-13-23/h5-11,16,23H,12-15,17-19H2,1-4H3,(H2,27,28,29). The van der Waals surface area contributed by atoms with Gasteiger partial charge in [-0.3, -0.25) is 4.99 Å². The fourth-order valence-electron chi connectivity index (χ4n) is 3.55. The van der Waals surface area contributed by atoms with Crippen LogP contribution in [0.15, 0.2) is 53.5 Å². The van der Waals surface area contributed by atoms with Crippen LogP contribution in [-0.4, -0.2) is 37.9 Å². The first-order chi connectivity index (χ1) is 15.4. The first kappa shape index (κ1) is 24.1. The number of hydrogen-bond acceptors (Lipinski definition) is 4. The quantitative estimate of drug-likeness (QED) is 0.471. The Balaban J connectivity index is 1.49. The lowest BCUT2D eigenvalue weighted by Gasteiger charge is -2.23. The van der Waals surface area contributed by atoms with E-state index in [9.17, 15) is 0 Å². The maximum atomic E-state index is 6.09. The van der Waals surface area contributed by atoms with Crippen molar-refractivity contribution in [2.24, 2.45) is 4.99 Å². The molecule has 1 aliphatic heterocycles. The SMILES string of the molecule is CN=C(NCc1cccc(COC2CCOCC2)c1)NCc1ccccc1OC(C)(C)C. The van der Waals surface area contributed by atoms with Crippen molar-refractivity contribution in [2.75, 3.05) is 20.3 Å². The van der Waals surface area contributed by atoms with Crippen LogP contribution in [0.25, 0.3) is 0 Å². The molecule has 2 aromatic carbocycles. The van der Waals surface area contributed by atoms with Crippen molar-refractivity contribution < 1.29 is 14.2 Å². The fourth-order valence-corrected chi connectivity index (χ4v) is 3.55. The van der Waals surface area contributed by atoms with Gasteiger partial charge in [0.05, 0.1) is 12.7 Å². The molecule has 1 fully saturated rings. The summed E-state index contributed by atoms with van der Waals surface area (Å²) in [6.45, 7) is 9.72. The second-order valence-corrected chi connectivity index (χ2v) is 9.04. The largest absolute Gasteiger partial charge is 0.488 e. The Kier molecular flexibility index (Phi) is 8.94. The number of rotatable bonds is 8. The van der Waals surface area contributed by atoms with Gasteiger partial charge in [0.25, 0.3) is 0 Å². The number of para-hydroxylation sites is 1. The zero-order chi connectivity index (χ0) is 22.8. The van der Waals surface area contributed by atoms with Crippen molar-refractivity contribution >= 4 is 5.96 Å². The Morgan fingerprint density at radius 2 is 1.72 bits per heavy atom. The lowest BCUT2D eigenvalue weighted by molar-refractivity contribution is -0.0390. The van der Waals surface area contributed by atoms with Crippen molar-refractivity contribution in [3.63, 3.8) is 0 Å². The van der Waals surface area contributed by atoms with Crippen LogP contribution in [0.1, 0.15) is 50.3 Å². The number of guanidine groups is 1. The molecule has 6 nitrogen and oxygen atoms in total. The maximum absolute atomic E-state index is 6.09. The van der Waals surface area contributed by atoms with Gasteiger partial charge in [0, 0.05) is 38.9 Å². The van der Waals surface area contributed by atoms with Crippen molar-refractivity contribution in [1.82, 2.24) is 10.6 Å². The van der Waals surface area contributed by atoms with Crippen LogP contribution >= 0.6 is 0 Å². The molecule has 0 radical (unpaired) electrons. The predicted octanol–water partition coefficient (Wildman–Crippen LogP) is 4.42. The molecule has 0 amide bonds. The third kappa shape index (κ3) is 8.17. The summed E-state index contributed by atoms with van der Waals surface area (Å²) in [6.07, 6.45) is 2.26. The van der Waals surface area contributed by atoms with Gasteiger partial charge in [0.2, 0.25) is 0 Å². The number of benzene rings is 2. The summed E-state index contributed by atoms with van der Waals surface area (Å²) in [4.78, 5) is 4.36. The number of hydrogen-bond donors (Lipinski definition) is 2. The molecule has 2 N–H and O–H groups in total. The average Bonchev–Trinajstić information content (AvgIpc) is 2.79. The van der Waals surface area contributed by atoms with E-state index in [2.05, 4.69) is 66.7 Å². The summed E-state index contributed by atoms with van der Waals surface area (Å²) < 4.78 is 17.5. The van der Waals surface area contributed by atoms with Crippen LogP contribution in [0.3, 0.4) is 0 Å². The van der Waals surface area contributed by atoms with Gasteiger partial charge in [-0.2, -0.15) is 0 Å². The van der Waals surface area contributed by atoms with Gasteiger partial charge < -0.3 is 24.8 Å². The summed E-state index contributed by atoms with van der Waals surface area (Å²) in [5.41, 5.74) is 3.23. The Labute approximate surface area is 192 Å². The molecule has 174 valence electrons. The number of aliphatic imine (C=N–C) groups is 1. The smallest absolute Gasteiger partial charge is 0.191 e. The van der Waals surface area contributed by atoms with Gasteiger partial charge in [-0.1, -0.05) is 42.5 Å². The third-order valence-electron chi connectivity index (χ3n) is 5.16. The van der Waals surface area contributed by atoms with E-state index in [4.69, 9.17) is 14.2 Å². The molecular formula is C26H37N3O3. The van der Waals surface area contributed by atoms with Gasteiger partial charge in [0.1, 0.15) is 11.4 Å². The van der Waals surface area contributed by atoms with Crippen LogP contribution in [0.5, 0.6) is 5.75 Å². The van der Waals surface area contributed by atoms with E-state index in [1.807, 2.05) is 18.2 Å². The van der Waals surface area contributed by atoms with Gasteiger partial charge in [-0.05, 0) is 50.8 Å². The van der Waals surface area contributed by atoms with Crippen LogP contribution in [0, 0.1) is 0 Å². The molecule has 0 saturated carbocycles. The highest BCUT2D eigenvalue weighted by Gasteiger charge is 2.15. The zero-order valence-electron chi connectivity index (χ0n) is 19.8. The lowest BCUT2D eigenvalue weighted by atomic mass is 10.1. The van der Waals surface area contributed by atoms with Crippen molar-refractivity contribution in [3.05, 3.63) is 65.2 Å². The van der Waals surface area contributed by atoms with E-state index < -0.39 is 0 Å². The average molecular weight is 440 g/mol. The number of ether oxygens (including phenoxy) is 3. The number of nitrogens with zero attached hydrogens (tertiary/aromatic N) is 1. The molecule has 6 heteroatoms. The molecule has 0 spiro atoms. The fraction of sp³-hybridized carbons (Fsp3) is 0.500. The minimum Gasteiger partial charge on any atom is -0.488 e. The Morgan fingerprint density at radius 1 is 1.00 bits per heavy atom. The first-order valence-electron chi connectivity index (χ1n) is 11.4. The number of nitrogens with one attached hydrogen (secondary N) is 2. The van der Waals surface area contributed by atoms with Crippen molar-refractivity contribution in [2.45, 2.75) is 65.0 Å². The van der Waals surface area contributed by atoms with Gasteiger partial charge in [-0.15, -0.1) is 0 Å². The van der Waals surface area contributed by atoms with Crippen LogP contribution < -0.4 is 15.4 Å². The second kappa shape index (κ2) is 11.9. The molecule has 1 saturated heterocycles. The Morgan fingerprint density at radius 3 is 2.47 bits per heavy atom. The van der Waals surface area contributed by atoms with E-state index in [-0.39, 0.29) is 5.60 Å². The van der Waals surface area contributed by atoms with Gasteiger partial charge in [0.15, 0.2) is 5.96 Å². The van der Waals surface area contributed by atoms with Crippen molar-refractivity contribution in [3.8, 4) is 5.75 Å². The molecule has 2 aromatic rings. The third-order valence-corrected chi connectivity index (χ3v) is 5.16. The summed E-state index contributed by atoms with van der Waals surface area (Å²) in [7, 11) is 1.78. The molecule has 0 unspecified atom stereocenters. The van der Waals surface area contributed by atoms with E-state index in [1.165, 1.54) is 11.1 Å². The molecule has 0 bridgehead atoms. The van der Waals surface area contributed by atoms with Gasteiger partial charge >= 0.3 is 0 Å². The van der Waals surface area contributed by atoms with E-state index in [0.717, 1.165) is 43.3 Å². The van der Waals surface area contributed by atoms with Gasteiger partial charge in [-0.25, -0.2) is 0 Å². The zero-order valence-corrected chi connectivity index (χ0v) is 19.8. The highest BCUT2D eigenvalue weighted by Crippen LogP contribution is 2.22. The molecule has 32 heavy (non-hydrogen) atoms. The molecular weight excluding hydrogens is 402 g/mol. The molecule has 0 atom stereocenters. The molecule has 3 rings (SSSR count). The highest BCUT2D eigenvalue weighted by atomic mass is 16.5. The monoisotopic (exact) mass is 439 g/mol. The van der Waals surface area contributed by atoms with Crippen LogP contribution in [0.2, 0.25) is 0 Å². The molecule has 1 heterocycles. The summed E-state index contributed by atoms with van der Waals surface area (Å²) in [6, 6.07) is 16.6. The molecule has 1 aliphatic rings. The summed E-state index contributed by atoms with van der Waals surface area (Å²) in [5, 5.41) is 6.78. The Bertz CT molecular complexity index is 871. The highest BCUT2D eigenvalue weighted by molar-refractivity contribution is 5.79. The topological polar surface area (TPSA) is 64.1 Å². The minimum absolute atomic E-state index is 0.241. The van der Waals surface area contributed by atoms with Crippen LogP contribution in [0.4, 0.5) is 0 Å². The molecule has 0 aliphatic carbocycles. The normalized spacial score (nSPS) is 15.4. The van der Waals surface area contributed by atoms with E-state index >= 15 is 0 Å². The van der Waals surface area contributed by atoms with Crippen LogP contribution in [-0.2, 0) is 29.2 Å². The second-order valence-electron chi connectivity index (χ2n) is 9.04. The van der Waals surface area contributed by atoms with Crippen molar-refractivity contribution in [1.29, 1.82) is 0 Å². The first-order valence-corrected chi connectivity index (χ1v) is 11.4. The summed E-state index contributed by atoms with van der Waals surface area (Å²) in [5.74, 6) is 1.64.